The van der Waals surface area contributed by atoms with Crippen LogP contribution in [0.3, 0.4) is 0 Å². The van der Waals surface area contributed by atoms with Crippen molar-refractivity contribution in [1.82, 2.24) is 3.80 Å². The summed E-state index contributed by atoms with van der Waals surface area (Å²) >= 11 is -4.83. The van der Waals surface area contributed by atoms with Crippen molar-refractivity contribution in [3.63, 3.8) is 0 Å². The van der Waals surface area contributed by atoms with Crippen LogP contribution in [0.15, 0.2) is 20.6 Å². The van der Waals surface area contributed by atoms with Crippen LogP contribution in [-0.4, -0.2) is 28.2 Å². The summed E-state index contributed by atoms with van der Waals surface area (Å²) in [7, 11) is 0.482. The molecule has 0 heterocycles. The first-order valence-corrected chi connectivity index (χ1v) is 28.8. The standard InChI is InChI=1S/C9H13.C4H10N.C3H9OSi.C2H7Si.C2H5.CH3.2ClH.H2Si.Ti/c1-6-5-7(2)9(4)8(6)3;1-4(2,3)5;1-5(2,3)4;1-3-2;1-2;;;;;/h6H,1-4H3;5H,1-3H3;1-3H3;3H,1-2H3;1H2,2H3;1H3;2*1H;1H2;/q;2*-1;;;;;;;+2. The van der Waals surface area contributed by atoms with Gasteiger partial charge in [0.1, 0.15) is 0 Å². The van der Waals surface area contributed by atoms with E-state index in [-0.39, 0.29) is 30.4 Å². The maximum atomic E-state index is 7.89. The maximum Gasteiger partial charge on any atom is -0.147 e. The Morgan fingerprint density at radius 2 is 1.48 bits per heavy atom. The van der Waals surface area contributed by atoms with E-state index in [1.165, 1.54) is 11.1 Å². The molecule has 0 saturated heterocycles. The maximum absolute atomic E-state index is 7.89. The molecule has 0 fully saturated rings. The average Bonchev–Trinajstić information content (AvgIpc) is 2.60. The second-order valence-electron chi connectivity index (χ2n) is 13.3. The Hall–Kier alpha value is 1.34. The summed E-state index contributed by atoms with van der Waals surface area (Å²) in [5, 5.41) is 2.66. The molecule has 29 heavy (non-hydrogen) atoms. The first kappa shape index (κ1) is 32.5. The summed E-state index contributed by atoms with van der Waals surface area (Å²) < 4.78 is 15.2. The number of hydrogen-bond acceptors (Lipinski definition) is 2. The van der Waals surface area contributed by atoms with Gasteiger partial charge < -0.3 is 0 Å². The van der Waals surface area contributed by atoms with Gasteiger partial charge >= 0.3 is 171 Å². The van der Waals surface area contributed by atoms with Crippen LogP contribution in [0.4, 0.5) is 0 Å². The van der Waals surface area contributed by atoms with Gasteiger partial charge in [0.25, 0.3) is 0 Å². The number of hydrogen-bond donors (Lipinski definition) is 1. The normalized spacial score (nSPS) is 22.4. The molecule has 176 valence electrons. The van der Waals surface area contributed by atoms with Crippen molar-refractivity contribution in [1.29, 1.82) is 0 Å². The molecule has 0 saturated carbocycles. The molecule has 0 aromatic rings. The molecule has 1 aliphatic carbocycles. The van der Waals surface area contributed by atoms with E-state index in [0.29, 0.717) is 5.92 Å². The van der Waals surface area contributed by atoms with Crippen LogP contribution in [0.25, 0.3) is 0 Å². The first-order chi connectivity index (χ1) is 11.5. The zero-order valence-corrected chi connectivity index (χ0v) is 28.6. The summed E-state index contributed by atoms with van der Waals surface area (Å²) in [6.07, 6.45) is 0. The van der Waals surface area contributed by atoms with Crippen LogP contribution in [0.2, 0.25) is 42.7 Å². The van der Waals surface area contributed by atoms with Gasteiger partial charge in [0, 0.05) is 0 Å². The van der Waals surface area contributed by atoms with Crippen molar-refractivity contribution in [2.75, 3.05) is 0 Å². The van der Waals surface area contributed by atoms with Crippen LogP contribution in [0.5, 0.6) is 0 Å². The van der Waals surface area contributed by atoms with Crippen LogP contribution in [-0.2, 0) is 14.4 Å². The zero-order valence-electron chi connectivity index (χ0n) is 21.8. The number of nitrogens with one attached hydrogen (secondary N) is 1. The molecule has 1 N–H and O–H groups in total. The van der Waals surface area contributed by atoms with E-state index in [2.05, 4.69) is 105 Å². The minimum absolute atomic E-state index is 0. The van der Waals surface area contributed by atoms with Crippen LogP contribution < -0.4 is 3.80 Å². The average molecular weight is 537 g/mol. The summed E-state index contributed by atoms with van der Waals surface area (Å²) in [6.45, 7) is 29.9. The van der Waals surface area contributed by atoms with Crippen LogP contribution in [0, 0.1) is 5.92 Å². The molecule has 1 aliphatic rings. The number of halogens is 2. The Labute approximate surface area is 194 Å². The van der Waals surface area contributed by atoms with Gasteiger partial charge in [-0.2, -0.15) is 0 Å². The summed E-state index contributed by atoms with van der Waals surface area (Å²) in [6, 6.07) is 0. The summed E-state index contributed by atoms with van der Waals surface area (Å²) in [5.41, 5.74) is 4.55. The molecular formula is C21H51Cl2NOSi3Ti. The Bertz CT molecular complexity index is 840. The predicted molar refractivity (Wildman–Crippen MR) is 146 cm³/mol. The minimum atomic E-state index is -4.83. The largest absolute Gasteiger partial charge is 0.147 e. The third kappa shape index (κ3) is 4.56. The summed E-state index contributed by atoms with van der Waals surface area (Å²) in [4.78, 5) is 0. The van der Waals surface area contributed by atoms with E-state index in [1.807, 2.05) is 0 Å². The third-order valence-corrected chi connectivity index (χ3v) is 74.6. The van der Waals surface area contributed by atoms with Gasteiger partial charge in [-0.15, -0.1) is 24.8 Å². The van der Waals surface area contributed by atoms with Gasteiger partial charge in [-0.25, -0.2) is 0 Å². The molecular weight excluding hydrogens is 485 g/mol. The van der Waals surface area contributed by atoms with Crippen molar-refractivity contribution < 1.29 is 14.4 Å². The van der Waals surface area contributed by atoms with Crippen molar-refractivity contribution in [2.45, 2.75) is 104 Å². The first-order valence-electron chi connectivity index (χ1n) is 10.9. The topological polar surface area (TPSA) is 21.3 Å². The van der Waals surface area contributed by atoms with Crippen LogP contribution in [0.1, 0.15) is 55.4 Å². The van der Waals surface area contributed by atoms with Crippen LogP contribution >= 0.6 is 24.8 Å². The number of allylic oxidation sites excluding steroid dienone is 4. The molecule has 0 aromatic heterocycles. The second kappa shape index (κ2) is 7.70. The molecule has 1 rings (SSSR count). The molecule has 0 radical (unpaired) electrons. The molecule has 0 spiro atoms. The monoisotopic (exact) mass is 535 g/mol. The predicted octanol–water partition coefficient (Wildman–Crippen LogP) is 6.94. The van der Waals surface area contributed by atoms with Gasteiger partial charge in [0.05, 0.1) is 0 Å². The van der Waals surface area contributed by atoms with E-state index < -0.39 is 26.4 Å². The SMILES string of the molecule is C[CH2][Ti]([CH3])(=[SiH2])([NH]C(C)(C)C)([O][Si](C)(C)C)([C]1=C(C)C(C)=C(C)C1C)[SiH](C)C.Cl.Cl. The van der Waals surface area contributed by atoms with E-state index >= 15 is 0 Å². The van der Waals surface area contributed by atoms with Gasteiger partial charge in [-0.1, -0.05) is 0 Å². The Kier molecular flexibility index (Phi) is 8.63. The molecule has 1 unspecified atom stereocenters. The van der Waals surface area contributed by atoms with E-state index in [0.717, 1.165) is 4.73 Å². The van der Waals surface area contributed by atoms with E-state index in [4.69, 9.17) is 3.01 Å². The van der Waals surface area contributed by atoms with E-state index in [1.54, 1.807) is 9.45 Å². The number of rotatable bonds is 6. The fourth-order valence-electron chi connectivity index (χ4n) is 7.10. The fourth-order valence-corrected chi connectivity index (χ4v) is 66.0. The van der Waals surface area contributed by atoms with Gasteiger partial charge in [-0.05, 0) is 0 Å². The molecule has 0 aliphatic heterocycles. The Morgan fingerprint density at radius 1 is 1.07 bits per heavy atom. The second-order valence-corrected chi connectivity index (χ2v) is 64.7. The van der Waals surface area contributed by atoms with Crippen molar-refractivity contribution in [2.24, 2.45) is 5.92 Å². The van der Waals surface area contributed by atoms with Gasteiger partial charge in [-0.3, -0.25) is 0 Å². The van der Waals surface area contributed by atoms with E-state index in [9.17, 15) is 0 Å². The van der Waals surface area contributed by atoms with Crippen molar-refractivity contribution in [3.8, 4) is 0 Å². The Morgan fingerprint density at radius 3 is 1.69 bits per heavy atom. The third-order valence-electron chi connectivity index (χ3n) is 8.78. The quantitative estimate of drug-likeness (QED) is 0.372. The Balaban J connectivity index is 0. The fraction of sp³-hybridized carbons (Fsp3) is 0.810. The molecule has 0 amide bonds. The molecule has 8 heteroatoms. The molecule has 2 nitrogen and oxygen atoms in total. The van der Waals surface area contributed by atoms with Gasteiger partial charge in [0.2, 0.25) is 0 Å². The smallest absolute Gasteiger partial charge is 0.147 e. The summed E-state index contributed by atoms with van der Waals surface area (Å²) in [5.74, 6) is 0.462. The van der Waals surface area contributed by atoms with Crippen molar-refractivity contribution >= 4 is 47.4 Å². The molecule has 0 bridgehead atoms. The molecule has 0 aromatic carbocycles. The molecule has 1 atom stereocenters. The van der Waals surface area contributed by atoms with Crippen molar-refractivity contribution in [3.05, 3.63) is 20.6 Å². The van der Waals surface area contributed by atoms with Gasteiger partial charge in [0.15, 0.2) is 0 Å². The minimum Gasteiger partial charge on any atom is -0.147 e. The zero-order chi connectivity index (χ0) is 22.0.